The first-order chi connectivity index (χ1) is 9.13. The van der Waals surface area contributed by atoms with Crippen molar-refractivity contribution in [2.24, 2.45) is 17.8 Å². The Kier molecular flexibility index (Phi) is 3.57. The van der Waals surface area contributed by atoms with Crippen LogP contribution >= 0.6 is 12.6 Å². The maximum atomic E-state index is 12.2. The summed E-state index contributed by atoms with van der Waals surface area (Å²) in [6, 6.07) is 7.72. The van der Waals surface area contributed by atoms with Gasteiger partial charge in [-0.1, -0.05) is 12.5 Å². The zero-order valence-electron chi connectivity index (χ0n) is 11.3. The summed E-state index contributed by atoms with van der Waals surface area (Å²) < 4.78 is 0. The van der Waals surface area contributed by atoms with Crippen LogP contribution in [0.2, 0.25) is 0 Å². The average molecular weight is 275 g/mol. The Morgan fingerprint density at radius 3 is 2.84 bits per heavy atom. The van der Waals surface area contributed by atoms with Gasteiger partial charge in [0.1, 0.15) is 0 Å². The second-order valence-corrected chi connectivity index (χ2v) is 6.67. The number of hydrogen-bond acceptors (Lipinski definition) is 2. The molecule has 2 bridgehead atoms. The molecule has 0 spiro atoms. The number of fused-ring (bicyclic) bond motifs is 2. The first-order valence-corrected chi connectivity index (χ1v) is 7.68. The normalized spacial score (nSPS) is 30.3. The molecule has 2 nitrogen and oxygen atoms in total. The van der Waals surface area contributed by atoms with Crippen LogP contribution in [0.3, 0.4) is 0 Å². The summed E-state index contributed by atoms with van der Waals surface area (Å²) in [7, 11) is 0. The van der Waals surface area contributed by atoms with E-state index >= 15 is 0 Å². The maximum absolute atomic E-state index is 12.2. The van der Waals surface area contributed by atoms with Crippen molar-refractivity contribution in [1.82, 2.24) is 5.32 Å². The van der Waals surface area contributed by atoms with E-state index in [9.17, 15) is 4.79 Å². The number of carbonyl (C=O) groups excluding carboxylic acids is 1. The molecule has 0 aliphatic heterocycles. The summed E-state index contributed by atoms with van der Waals surface area (Å²) in [5, 5.41) is 3.18. The highest BCUT2D eigenvalue weighted by atomic mass is 32.1. The number of rotatable bonds is 3. The van der Waals surface area contributed by atoms with Crippen LogP contribution in [0.15, 0.2) is 29.2 Å². The molecule has 4 unspecified atom stereocenters. The van der Waals surface area contributed by atoms with Crippen LogP contribution in [0, 0.1) is 17.8 Å². The van der Waals surface area contributed by atoms with Crippen molar-refractivity contribution >= 4 is 18.5 Å². The van der Waals surface area contributed by atoms with Gasteiger partial charge in [0.2, 0.25) is 0 Å². The fraction of sp³-hybridized carbons (Fsp3) is 0.562. The molecule has 3 heteroatoms. The van der Waals surface area contributed by atoms with Gasteiger partial charge in [-0.25, -0.2) is 0 Å². The van der Waals surface area contributed by atoms with Gasteiger partial charge in [0, 0.05) is 16.5 Å². The third-order valence-corrected chi connectivity index (χ3v) is 5.18. The summed E-state index contributed by atoms with van der Waals surface area (Å²) in [6.07, 6.45) is 5.46. The molecule has 1 N–H and O–H groups in total. The summed E-state index contributed by atoms with van der Waals surface area (Å²) in [4.78, 5) is 13.1. The summed E-state index contributed by atoms with van der Waals surface area (Å²) in [6.45, 7) is 2.16. The van der Waals surface area contributed by atoms with Crippen molar-refractivity contribution in [2.45, 2.75) is 43.5 Å². The van der Waals surface area contributed by atoms with Gasteiger partial charge in [-0.05, 0) is 62.1 Å². The molecule has 4 atom stereocenters. The Morgan fingerprint density at radius 1 is 1.37 bits per heavy atom. The zero-order chi connectivity index (χ0) is 13.4. The lowest BCUT2D eigenvalue weighted by molar-refractivity contribution is 0.0915. The van der Waals surface area contributed by atoms with Crippen LogP contribution in [0.25, 0.3) is 0 Å². The van der Waals surface area contributed by atoms with E-state index in [1.807, 2.05) is 24.3 Å². The maximum Gasteiger partial charge on any atom is 0.251 e. The third-order valence-electron chi connectivity index (χ3n) is 4.90. The second-order valence-electron chi connectivity index (χ2n) is 6.15. The molecule has 2 fully saturated rings. The first kappa shape index (κ1) is 13.0. The van der Waals surface area contributed by atoms with Crippen molar-refractivity contribution in [2.75, 3.05) is 0 Å². The van der Waals surface area contributed by atoms with Crippen LogP contribution < -0.4 is 5.32 Å². The molecule has 1 amide bonds. The molecule has 2 aliphatic rings. The van der Waals surface area contributed by atoms with E-state index in [1.54, 1.807) is 0 Å². The van der Waals surface area contributed by atoms with Gasteiger partial charge in [0.15, 0.2) is 0 Å². The molecule has 0 aromatic heterocycles. The zero-order valence-corrected chi connectivity index (χ0v) is 12.2. The minimum atomic E-state index is 0.0335. The van der Waals surface area contributed by atoms with E-state index in [4.69, 9.17) is 0 Å². The fourth-order valence-electron chi connectivity index (χ4n) is 3.95. The van der Waals surface area contributed by atoms with Crippen LogP contribution in [0.5, 0.6) is 0 Å². The minimum absolute atomic E-state index is 0.0335. The van der Waals surface area contributed by atoms with E-state index in [-0.39, 0.29) is 11.9 Å². The highest BCUT2D eigenvalue weighted by molar-refractivity contribution is 7.80. The Morgan fingerprint density at radius 2 is 2.21 bits per heavy atom. The lowest BCUT2D eigenvalue weighted by atomic mass is 9.84. The Labute approximate surface area is 120 Å². The summed E-state index contributed by atoms with van der Waals surface area (Å²) in [5.74, 6) is 2.49. The van der Waals surface area contributed by atoms with Gasteiger partial charge >= 0.3 is 0 Å². The number of thiol groups is 1. The Bertz CT molecular complexity index is 487. The number of benzene rings is 1. The highest BCUT2D eigenvalue weighted by Gasteiger charge is 2.42. The molecule has 0 radical (unpaired) electrons. The van der Waals surface area contributed by atoms with Gasteiger partial charge in [0.25, 0.3) is 5.91 Å². The molecular weight excluding hydrogens is 254 g/mol. The molecule has 1 aromatic carbocycles. The van der Waals surface area contributed by atoms with E-state index < -0.39 is 0 Å². The van der Waals surface area contributed by atoms with Crippen molar-refractivity contribution in [1.29, 1.82) is 0 Å². The minimum Gasteiger partial charge on any atom is -0.349 e. The van der Waals surface area contributed by atoms with Crippen molar-refractivity contribution in [3.8, 4) is 0 Å². The molecule has 0 saturated heterocycles. The summed E-state index contributed by atoms with van der Waals surface area (Å²) in [5.41, 5.74) is 0.711. The predicted molar refractivity (Wildman–Crippen MR) is 79.6 cm³/mol. The third kappa shape index (κ3) is 2.66. The molecular formula is C16H21NOS. The van der Waals surface area contributed by atoms with E-state index in [0.717, 1.165) is 16.7 Å². The number of carbonyl (C=O) groups is 1. The topological polar surface area (TPSA) is 29.1 Å². The lowest BCUT2D eigenvalue weighted by Gasteiger charge is -2.28. The van der Waals surface area contributed by atoms with Gasteiger partial charge in [-0.15, -0.1) is 12.6 Å². The number of amides is 1. The Hall–Kier alpha value is -0.960. The molecule has 2 saturated carbocycles. The quantitative estimate of drug-likeness (QED) is 0.812. The van der Waals surface area contributed by atoms with Crippen molar-refractivity contribution in [3.63, 3.8) is 0 Å². The highest BCUT2D eigenvalue weighted by Crippen LogP contribution is 2.49. The van der Waals surface area contributed by atoms with E-state index in [2.05, 4.69) is 24.9 Å². The van der Waals surface area contributed by atoms with Gasteiger partial charge < -0.3 is 5.32 Å². The number of hydrogen-bond donors (Lipinski definition) is 2. The summed E-state index contributed by atoms with van der Waals surface area (Å²) >= 11 is 4.28. The number of nitrogens with one attached hydrogen (secondary N) is 1. The lowest BCUT2D eigenvalue weighted by Crippen LogP contribution is -2.40. The van der Waals surface area contributed by atoms with Crippen molar-refractivity contribution < 1.29 is 4.79 Å². The molecule has 1 aromatic rings. The molecule has 2 aliphatic carbocycles. The molecule has 3 rings (SSSR count). The second kappa shape index (κ2) is 5.20. The van der Waals surface area contributed by atoms with E-state index in [1.165, 1.54) is 25.7 Å². The van der Waals surface area contributed by atoms with Crippen LogP contribution in [-0.2, 0) is 0 Å². The van der Waals surface area contributed by atoms with Gasteiger partial charge in [-0.2, -0.15) is 0 Å². The van der Waals surface area contributed by atoms with Crippen molar-refractivity contribution in [3.05, 3.63) is 29.8 Å². The smallest absolute Gasteiger partial charge is 0.251 e. The van der Waals surface area contributed by atoms with Gasteiger partial charge in [0.05, 0.1) is 0 Å². The van der Waals surface area contributed by atoms with Gasteiger partial charge in [-0.3, -0.25) is 4.79 Å². The molecule has 0 heterocycles. The largest absolute Gasteiger partial charge is 0.349 e. The van der Waals surface area contributed by atoms with Crippen LogP contribution in [0.4, 0.5) is 0 Å². The molecule has 19 heavy (non-hydrogen) atoms. The van der Waals surface area contributed by atoms with Crippen LogP contribution in [0.1, 0.15) is 43.0 Å². The average Bonchev–Trinajstić information content (AvgIpc) is 3.00. The fourth-order valence-corrected chi connectivity index (χ4v) is 4.18. The SMILES string of the molecule is CC(NC(=O)c1cccc(S)c1)C1CC2CCC1C2. The monoisotopic (exact) mass is 275 g/mol. The van der Waals surface area contributed by atoms with Crippen LogP contribution in [-0.4, -0.2) is 11.9 Å². The predicted octanol–water partition coefficient (Wildman–Crippen LogP) is 3.53. The standard InChI is InChI=1S/C16H21NOS/c1-10(15-8-11-5-6-12(15)7-11)17-16(18)13-3-2-4-14(19)9-13/h2-4,9-12,15,19H,5-8H2,1H3,(H,17,18). The first-order valence-electron chi connectivity index (χ1n) is 7.23. The molecule has 102 valence electrons. The Balaban J connectivity index is 1.63. The van der Waals surface area contributed by atoms with E-state index in [0.29, 0.717) is 11.5 Å².